The molecule has 20 heavy (non-hydrogen) atoms. The van der Waals surface area contributed by atoms with Crippen LogP contribution in [0.2, 0.25) is 0 Å². The fourth-order valence-electron chi connectivity index (χ4n) is 2.89. The smallest absolute Gasteiger partial charge is 0.308 e. The highest BCUT2D eigenvalue weighted by Gasteiger charge is 2.36. The number of hydrogen-bond donors (Lipinski definition) is 0. The first kappa shape index (κ1) is 13.5. The van der Waals surface area contributed by atoms with Crippen molar-refractivity contribution < 1.29 is 9.53 Å². The summed E-state index contributed by atoms with van der Waals surface area (Å²) in [5.41, 5.74) is 0. The largest absolute Gasteiger partial charge is 0.427 e. The van der Waals surface area contributed by atoms with Crippen LogP contribution in [0.4, 0.5) is 0 Å². The average Bonchev–Trinajstić information content (AvgIpc) is 2.38. The molecule has 108 valence electrons. The minimum atomic E-state index is -0.286. The summed E-state index contributed by atoms with van der Waals surface area (Å²) in [6.07, 6.45) is 0. The van der Waals surface area contributed by atoms with Gasteiger partial charge in [-0.05, 0) is 12.1 Å². The zero-order valence-electron chi connectivity index (χ0n) is 11.7. The summed E-state index contributed by atoms with van der Waals surface area (Å²) in [5.74, 6) is 0.307. The molecule has 5 rings (SSSR count). The van der Waals surface area contributed by atoms with Gasteiger partial charge >= 0.3 is 5.97 Å². The van der Waals surface area contributed by atoms with Gasteiger partial charge in [0.15, 0.2) is 0 Å². The van der Waals surface area contributed by atoms with Crippen molar-refractivity contribution in [2.24, 2.45) is 0 Å². The van der Waals surface area contributed by atoms with Crippen LogP contribution in [-0.4, -0.2) is 65.6 Å². The van der Waals surface area contributed by atoms with Crippen molar-refractivity contribution in [3.05, 3.63) is 30.3 Å². The van der Waals surface area contributed by atoms with E-state index >= 15 is 0 Å². The van der Waals surface area contributed by atoms with Gasteiger partial charge in [-0.3, -0.25) is 24.4 Å². The Hall–Kier alpha value is -1.47. The number of nitrogens with zero attached hydrogens (tertiary/aromatic N) is 4. The van der Waals surface area contributed by atoms with E-state index < -0.39 is 0 Å². The molecule has 0 spiro atoms. The summed E-state index contributed by atoms with van der Waals surface area (Å²) < 4.78 is 4.78. The second-order valence-electron chi connectivity index (χ2n) is 5.44. The Balaban J connectivity index is 0.000000121. The normalized spacial score (nSPS) is 33.2. The summed E-state index contributed by atoms with van der Waals surface area (Å²) in [5, 5.41) is 0. The third-order valence-electron chi connectivity index (χ3n) is 3.40. The third-order valence-corrected chi connectivity index (χ3v) is 3.40. The molecule has 4 heterocycles. The monoisotopic (exact) mass is 276 g/mol. The SMILES string of the molecule is C1N2CN3CN1CN(C2)C3.CC(=O)Oc1ccccc1. The lowest BCUT2D eigenvalue weighted by Crippen LogP contribution is -2.71. The summed E-state index contributed by atoms with van der Waals surface area (Å²) in [7, 11) is 0. The topological polar surface area (TPSA) is 39.3 Å². The van der Waals surface area contributed by atoms with Crippen molar-refractivity contribution in [3.63, 3.8) is 0 Å². The highest BCUT2D eigenvalue weighted by Crippen LogP contribution is 2.20. The number of esters is 1. The maximum atomic E-state index is 10.4. The molecule has 0 amide bonds. The molecule has 0 aromatic heterocycles. The van der Waals surface area contributed by atoms with Crippen LogP contribution in [0.3, 0.4) is 0 Å². The van der Waals surface area contributed by atoms with E-state index in [0.29, 0.717) is 5.75 Å². The number of rotatable bonds is 1. The summed E-state index contributed by atoms with van der Waals surface area (Å²) in [6.45, 7) is 8.51. The molecule has 6 nitrogen and oxygen atoms in total. The maximum absolute atomic E-state index is 10.4. The Kier molecular flexibility index (Phi) is 3.98. The van der Waals surface area contributed by atoms with E-state index in [1.54, 1.807) is 12.1 Å². The van der Waals surface area contributed by atoms with Gasteiger partial charge in [0.2, 0.25) is 0 Å². The fourth-order valence-corrected chi connectivity index (χ4v) is 2.89. The van der Waals surface area contributed by atoms with E-state index in [0.717, 1.165) is 0 Å². The second-order valence-corrected chi connectivity index (χ2v) is 5.44. The van der Waals surface area contributed by atoms with Crippen LogP contribution in [-0.2, 0) is 4.79 Å². The summed E-state index contributed by atoms with van der Waals surface area (Å²) >= 11 is 0. The minimum absolute atomic E-state index is 0.286. The van der Waals surface area contributed by atoms with Gasteiger partial charge in [-0.2, -0.15) is 0 Å². The van der Waals surface area contributed by atoms with Crippen molar-refractivity contribution >= 4 is 5.97 Å². The quantitative estimate of drug-likeness (QED) is 0.552. The van der Waals surface area contributed by atoms with Crippen molar-refractivity contribution in [2.75, 3.05) is 40.0 Å². The van der Waals surface area contributed by atoms with Crippen LogP contribution < -0.4 is 4.74 Å². The molecule has 0 unspecified atom stereocenters. The predicted molar refractivity (Wildman–Crippen MR) is 74.3 cm³/mol. The molecule has 0 atom stereocenters. The molecule has 4 fully saturated rings. The maximum Gasteiger partial charge on any atom is 0.308 e. The first-order valence-electron chi connectivity index (χ1n) is 6.82. The Morgan fingerprint density at radius 3 is 1.60 bits per heavy atom. The standard InChI is InChI=1S/C8H8O2.C6H12N4/c1-7(9)10-8-5-3-2-4-6-8;1-7-2-9-4-8(1)5-10(3-7)6-9/h2-6H,1H3;1-6H2. The van der Waals surface area contributed by atoms with Gasteiger partial charge in [0.05, 0.1) is 40.0 Å². The number of hydrogen-bond acceptors (Lipinski definition) is 6. The predicted octanol–water partition coefficient (Wildman–Crippen LogP) is 0.592. The van der Waals surface area contributed by atoms with E-state index in [-0.39, 0.29) is 5.97 Å². The summed E-state index contributed by atoms with van der Waals surface area (Å²) in [6, 6.07) is 8.98. The van der Waals surface area contributed by atoms with Gasteiger partial charge in [-0.25, -0.2) is 0 Å². The molecule has 1 aromatic rings. The van der Waals surface area contributed by atoms with E-state index in [4.69, 9.17) is 4.74 Å². The van der Waals surface area contributed by atoms with Crippen LogP contribution in [0.15, 0.2) is 30.3 Å². The van der Waals surface area contributed by atoms with Crippen molar-refractivity contribution in [3.8, 4) is 5.75 Å². The lowest BCUT2D eigenvalue weighted by Gasteiger charge is -2.56. The molecule has 4 bridgehead atoms. The number of carbonyl (C=O) groups excluding carboxylic acids is 1. The number of para-hydroxylation sites is 1. The molecule has 0 radical (unpaired) electrons. The molecular weight excluding hydrogens is 256 g/mol. The van der Waals surface area contributed by atoms with Gasteiger partial charge in [-0.1, -0.05) is 18.2 Å². The van der Waals surface area contributed by atoms with Gasteiger partial charge in [-0.15, -0.1) is 0 Å². The van der Waals surface area contributed by atoms with Crippen LogP contribution in [0.25, 0.3) is 0 Å². The van der Waals surface area contributed by atoms with Crippen LogP contribution in [0, 0.1) is 0 Å². The zero-order chi connectivity index (χ0) is 13.9. The number of benzene rings is 1. The van der Waals surface area contributed by atoms with Crippen LogP contribution in [0.1, 0.15) is 6.92 Å². The first-order valence-corrected chi connectivity index (χ1v) is 6.82. The van der Waals surface area contributed by atoms with Crippen LogP contribution in [0.5, 0.6) is 5.75 Å². The molecule has 4 aliphatic rings. The average molecular weight is 276 g/mol. The molecule has 4 saturated heterocycles. The van der Waals surface area contributed by atoms with Crippen molar-refractivity contribution in [1.82, 2.24) is 19.6 Å². The first-order chi connectivity index (χ1) is 9.69. The Bertz CT molecular complexity index is 409. The van der Waals surface area contributed by atoms with Crippen molar-refractivity contribution in [1.29, 1.82) is 0 Å². The second kappa shape index (κ2) is 5.88. The molecule has 1 aromatic carbocycles. The van der Waals surface area contributed by atoms with Gasteiger partial charge in [0.1, 0.15) is 5.75 Å². The molecule has 0 N–H and O–H groups in total. The lowest BCUT2D eigenvalue weighted by atomic mass is 10.3. The van der Waals surface area contributed by atoms with E-state index in [2.05, 4.69) is 19.6 Å². The molecular formula is C14H20N4O2. The highest BCUT2D eigenvalue weighted by molar-refractivity contribution is 5.69. The third kappa shape index (κ3) is 3.34. The zero-order valence-corrected chi connectivity index (χ0v) is 11.7. The number of carbonyl (C=O) groups is 1. The van der Waals surface area contributed by atoms with E-state index in [9.17, 15) is 4.79 Å². The molecule has 4 aliphatic heterocycles. The van der Waals surface area contributed by atoms with Crippen molar-refractivity contribution in [2.45, 2.75) is 6.92 Å². The molecule has 0 aliphatic carbocycles. The minimum Gasteiger partial charge on any atom is -0.427 e. The van der Waals surface area contributed by atoms with E-state index in [1.807, 2.05) is 18.2 Å². The molecule has 6 heteroatoms. The Morgan fingerprint density at radius 2 is 1.25 bits per heavy atom. The Morgan fingerprint density at radius 1 is 0.850 bits per heavy atom. The fraction of sp³-hybridized carbons (Fsp3) is 0.500. The number of ether oxygens (including phenoxy) is 1. The van der Waals surface area contributed by atoms with E-state index in [1.165, 1.54) is 46.9 Å². The van der Waals surface area contributed by atoms with Gasteiger partial charge in [0.25, 0.3) is 0 Å². The Labute approximate surface area is 119 Å². The lowest BCUT2D eigenvalue weighted by molar-refractivity contribution is -0.194. The summed E-state index contributed by atoms with van der Waals surface area (Å²) in [4.78, 5) is 20.3. The molecule has 0 saturated carbocycles. The van der Waals surface area contributed by atoms with Gasteiger partial charge in [0, 0.05) is 6.92 Å². The van der Waals surface area contributed by atoms with Crippen LogP contribution >= 0.6 is 0 Å². The van der Waals surface area contributed by atoms with Gasteiger partial charge < -0.3 is 4.74 Å². The highest BCUT2D eigenvalue weighted by atomic mass is 16.5.